The van der Waals surface area contributed by atoms with Gasteiger partial charge in [0, 0.05) is 22.0 Å². The zero-order valence-corrected chi connectivity index (χ0v) is 11.0. The van der Waals surface area contributed by atoms with Gasteiger partial charge in [0.15, 0.2) is 0 Å². The molecule has 0 atom stereocenters. The van der Waals surface area contributed by atoms with Crippen LogP contribution in [-0.2, 0) is 5.41 Å². The summed E-state index contributed by atoms with van der Waals surface area (Å²) in [6.45, 7) is 2.90. The van der Waals surface area contributed by atoms with E-state index in [1.807, 2.05) is 18.2 Å². The van der Waals surface area contributed by atoms with Gasteiger partial charge in [0.25, 0.3) is 0 Å². The molecule has 1 saturated carbocycles. The van der Waals surface area contributed by atoms with Crippen molar-refractivity contribution in [2.75, 3.05) is 6.54 Å². The first-order valence-corrected chi connectivity index (χ1v) is 6.52. The van der Waals surface area contributed by atoms with E-state index in [0.29, 0.717) is 11.6 Å². The van der Waals surface area contributed by atoms with Crippen LogP contribution in [0.25, 0.3) is 0 Å². The van der Waals surface area contributed by atoms with Crippen LogP contribution < -0.4 is 5.73 Å². The number of benzene rings is 1. The van der Waals surface area contributed by atoms with Crippen molar-refractivity contribution < 1.29 is 0 Å². The molecule has 0 aromatic heterocycles. The van der Waals surface area contributed by atoms with Gasteiger partial charge < -0.3 is 5.73 Å². The molecule has 1 aliphatic carbocycles. The summed E-state index contributed by atoms with van der Waals surface area (Å²) in [5, 5.41) is 1.44. The first-order valence-electron chi connectivity index (χ1n) is 5.77. The first-order chi connectivity index (χ1) is 7.61. The highest BCUT2D eigenvalue weighted by Crippen LogP contribution is 2.50. The van der Waals surface area contributed by atoms with Gasteiger partial charge in [0.2, 0.25) is 0 Å². The van der Waals surface area contributed by atoms with Crippen molar-refractivity contribution in [3.63, 3.8) is 0 Å². The largest absolute Gasteiger partial charge is 0.330 e. The molecule has 1 nitrogen and oxygen atoms in total. The van der Waals surface area contributed by atoms with Crippen LogP contribution in [0.2, 0.25) is 10.0 Å². The van der Waals surface area contributed by atoms with E-state index in [1.165, 1.54) is 12.0 Å². The summed E-state index contributed by atoms with van der Waals surface area (Å²) in [6.07, 6.45) is 3.54. The summed E-state index contributed by atoms with van der Waals surface area (Å²) >= 11 is 12.2. The zero-order valence-electron chi connectivity index (χ0n) is 9.47. The lowest BCUT2D eigenvalue weighted by atomic mass is 9.58. The molecule has 1 aromatic rings. The third kappa shape index (κ3) is 1.97. The van der Waals surface area contributed by atoms with Gasteiger partial charge in [-0.25, -0.2) is 0 Å². The van der Waals surface area contributed by atoms with E-state index in [2.05, 4.69) is 6.92 Å². The van der Waals surface area contributed by atoms with Crippen molar-refractivity contribution in [2.45, 2.75) is 31.6 Å². The van der Waals surface area contributed by atoms with Crippen molar-refractivity contribution in [3.05, 3.63) is 33.8 Å². The Hall–Kier alpha value is -0.240. The van der Waals surface area contributed by atoms with Crippen molar-refractivity contribution in [3.8, 4) is 0 Å². The molecule has 0 aliphatic heterocycles. The maximum absolute atomic E-state index is 6.26. The van der Waals surface area contributed by atoms with Crippen LogP contribution >= 0.6 is 23.2 Å². The lowest BCUT2D eigenvalue weighted by molar-refractivity contribution is 0.144. The maximum atomic E-state index is 6.26. The van der Waals surface area contributed by atoms with Gasteiger partial charge in [0.1, 0.15) is 0 Å². The molecule has 88 valence electrons. The fourth-order valence-corrected chi connectivity index (χ4v) is 3.36. The van der Waals surface area contributed by atoms with Crippen LogP contribution in [0.4, 0.5) is 0 Å². The molecule has 3 heteroatoms. The fourth-order valence-electron chi connectivity index (χ4n) is 2.75. The summed E-state index contributed by atoms with van der Waals surface area (Å²) < 4.78 is 0. The SMILES string of the molecule is CCC1CC(CN)(c2ccc(Cl)cc2Cl)C1. The molecule has 0 radical (unpaired) electrons. The van der Waals surface area contributed by atoms with Crippen molar-refractivity contribution in [1.29, 1.82) is 0 Å². The minimum absolute atomic E-state index is 0.0996. The Labute approximate surface area is 107 Å². The van der Waals surface area contributed by atoms with Crippen molar-refractivity contribution in [2.24, 2.45) is 11.7 Å². The molecule has 1 aliphatic rings. The second kappa shape index (κ2) is 4.56. The predicted octanol–water partition coefficient (Wildman–Crippen LogP) is 4.01. The molecule has 1 fully saturated rings. The third-order valence-electron chi connectivity index (χ3n) is 3.83. The highest BCUT2D eigenvalue weighted by atomic mass is 35.5. The Morgan fingerprint density at radius 3 is 2.56 bits per heavy atom. The molecule has 0 heterocycles. The number of rotatable bonds is 3. The summed E-state index contributed by atoms with van der Waals surface area (Å²) in [5.41, 5.74) is 7.20. The number of hydrogen-bond acceptors (Lipinski definition) is 1. The molecule has 1 aromatic carbocycles. The van der Waals surface area contributed by atoms with Crippen LogP contribution in [-0.4, -0.2) is 6.54 Å². The van der Waals surface area contributed by atoms with Crippen molar-refractivity contribution in [1.82, 2.24) is 0 Å². The number of hydrogen-bond donors (Lipinski definition) is 1. The lowest BCUT2D eigenvalue weighted by Gasteiger charge is -2.48. The van der Waals surface area contributed by atoms with Gasteiger partial charge in [0.05, 0.1) is 0 Å². The Kier molecular flexibility index (Phi) is 3.48. The highest BCUT2D eigenvalue weighted by molar-refractivity contribution is 6.35. The molecular formula is C13H17Cl2N. The van der Waals surface area contributed by atoms with E-state index in [9.17, 15) is 0 Å². The Morgan fingerprint density at radius 1 is 1.38 bits per heavy atom. The lowest BCUT2D eigenvalue weighted by Crippen LogP contribution is -2.47. The van der Waals surface area contributed by atoms with Crippen LogP contribution in [0, 0.1) is 5.92 Å². The van der Waals surface area contributed by atoms with Crippen LogP contribution in [0.3, 0.4) is 0 Å². The standard InChI is InChI=1S/C13H17Cl2N/c1-2-9-6-13(7-9,8-16)11-4-3-10(14)5-12(11)15/h3-5,9H,2,6-8,16H2,1H3. The molecule has 0 unspecified atom stereocenters. The number of nitrogens with two attached hydrogens (primary N) is 1. The van der Waals surface area contributed by atoms with E-state index in [-0.39, 0.29) is 5.41 Å². The summed E-state index contributed by atoms with van der Waals surface area (Å²) in [5.74, 6) is 0.801. The molecule has 0 spiro atoms. The van der Waals surface area contributed by atoms with E-state index in [0.717, 1.165) is 23.8 Å². The summed E-state index contributed by atoms with van der Waals surface area (Å²) in [7, 11) is 0. The predicted molar refractivity (Wildman–Crippen MR) is 70.2 cm³/mol. The molecule has 2 rings (SSSR count). The minimum atomic E-state index is 0.0996. The Balaban J connectivity index is 2.28. The second-order valence-corrected chi connectivity index (χ2v) is 5.63. The summed E-state index contributed by atoms with van der Waals surface area (Å²) in [4.78, 5) is 0. The average Bonchev–Trinajstić information content (AvgIpc) is 2.20. The van der Waals surface area contributed by atoms with E-state index >= 15 is 0 Å². The van der Waals surface area contributed by atoms with Crippen LogP contribution in [0.5, 0.6) is 0 Å². The van der Waals surface area contributed by atoms with Crippen LogP contribution in [0.15, 0.2) is 18.2 Å². The molecular weight excluding hydrogens is 241 g/mol. The minimum Gasteiger partial charge on any atom is -0.330 e. The quantitative estimate of drug-likeness (QED) is 0.870. The van der Waals surface area contributed by atoms with Gasteiger partial charge in [-0.3, -0.25) is 0 Å². The Morgan fingerprint density at radius 2 is 2.06 bits per heavy atom. The Bertz CT molecular complexity index is 384. The van der Waals surface area contributed by atoms with Gasteiger partial charge in [-0.15, -0.1) is 0 Å². The fraction of sp³-hybridized carbons (Fsp3) is 0.538. The highest BCUT2D eigenvalue weighted by Gasteiger charge is 2.44. The van der Waals surface area contributed by atoms with E-state index < -0.39 is 0 Å². The molecule has 0 bridgehead atoms. The first kappa shape index (κ1) is 12.2. The monoisotopic (exact) mass is 257 g/mol. The topological polar surface area (TPSA) is 26.0 Å². The van der Waals surface area contributed by atoms with E-state index in [1.54, 1.807) is 0 Å². The smallest absolute Gasteiger partial charge is 0.0458 e. The zero-order chi connectivity index (χ0) is 11.8. The van der Waals surface area contributed by atoms with Gasteiger partial charge in [-0.1, -0.05) is 42.6 Å². The average molecular weight is 258 g/mol. The van der Waals surface area contributed by atoms with Gasteiger partial charge in [-0.2, -0.15) is 0 Å². The van der Waals surface area contributed by atoms with Crippen LogP contribution in [0.1, 0.15) is 31.7 Å². The third-order valence-corrected chi connectivity index (χ3v) is 4.38. The summed E-state index contributed by atoms with van der Waals surface area (Å²) in [6, 6.07) is 5.75. The maximum Gasteiger partial charge on any atom is 0.0458 e. The van der Waals surface area contributed by atoms with Gasteiger partial charge in [-0.05, 0) is 36.5 Å². The number of halogens is 2. The van der Waals surface area contributed by atoms with E-state index in [4.69, 9.17) is 28.9 Å². The molecule has 2 N–H and O–H groups in total. The molecule has 0 saturated heterocycles. The molecule has 16 heavy (non-hydrogen) atoms. The molecule has 0 amide bonds. The second-order valence-electron chi connectivity index (χ2n) is 4.79. The van der Waals surface area contributed by atoms with Gasteiger partial charge >= 0.3 is 0 Å². The van der Waals surface area contributed by atoms with Crippen molar-refractivity contribution >= 4 is 23.2 Å². The normalized spacial score (nSPS) is 28.9.